The van der Waals surface area contributed by atoms with Crippen LogP contribution in [0.5, 0.6) is 0 Å². The van der Waals surface area contributed by atoms with Crippen LogP contribution >= 0.6 is 0 Å². The van der Waals surface area contributed by atoms with Crippen molar-refractivity contribution in [3.8, 4) is 0 Å². The minimum absolute atomic E-state index is 0.0871. The maximum atomic E-state index is 10.4. The monoisotopic (exact) mass is 131 g/mol. The van der Waals surface area contributed by atoms with E-state index in [0.29, 0.717) is 12.8 Å². The van der Waals surface area contributed by atoms with Crippen LogP contribution in [0.3, 0.4) is 0 Å². The summed E-state index contributed by atoms with van der Waals surface area (Å²) in [5.41, 5.74) is 5.39. The van der Waals surface area contributed by atoms with Gasteiger partial charge in [0.15, 0.2) is 0 Å². The predicted octanol–water partition coefficient (Wildman–Crippen LogP) is 0.287. The third kappa shape index (κ3) is 5.30. The first kappa shape index (κ1) is 8.43. The lowest BCUT2D eigenvalue weighted by molar-refractivity contribution is -0.140. The van der Waals surface area contributed by atoms with Gasteiger partial charge in [0.05, 0.1) is 7.11 Å². The number of ether oxygens (including phenoxy) is 1. The van der Waals surface area contributed by atoms with Gasteiger partial charge in [-0.25, -0.2) is 0 Å². The summed E-state index contributed by atoms with van der Waals surface area (Å²) in [6, 6.07) is 0.0871. The molecule has 0 aliphatic carbocycles. The number of carbonyl (C=O) groups excluding carboxylic acids is 1. The molecule has 0 fully saturated rings. The van der Waals surface area contributed by atoms with Gasteiger partial charge in [-0.05, 0) is 13.3 Å². The molecule has 9 heavy (non-hydrogen) atoms. The second kappa shape index (κ2) is 4.32. The van der Waals surface area contributed by atoms with Crippen LogP contribution in [0.4, 0.5) is 0 Å². The van der Waals surface area contributed by atoms with Gasteiger partial charge in [0.1, 0.15) is 0 Å². The average Bonchev–Trinajstić information content (AvgIpc) is 1.83. The maximum absolute atomic E-state index is 10.4. The van der Waals surface area contributed by atoms with E-state index in [-0.39, 0.29) is 12.0 Å². The van der Waals surface area contributed by atoms with Crippen molar-refractivity contribution < 1.29 is 9.53 Å². The molecule has 0 rings (SSSR count). The van der Waals surface area contributed by atoms with Crippen molar-refractivity contribution in [3.63, 3.8) is 0 Å². The number of hydrogen-bond donors (Lipinski definition) is 1. The van der Waals surface area contributed by atoms with Crippen molar-refractivity contribution in [3.05, 3.63) is 0 Å². The van der Waals surface area contributed by atoms with E-state index in [2.05, 4.69) is 4.74 Å². The fourth-order valence-corrected chi connectivity index (χ4v) is 0.448. The van der Waals surface area contributed by atoms with Crippen LogP contribution in [0.15, 0.2) is 0 Å². The standard InChI is InChI=1S/C6H13NO2/c1-5(7)3-4-6(8)9-2/h5H,3-4,7H2,1-2H3/t5-/m0/s1. The first-order valence-electron chi connectivity index (χ1n) is 2.99. The fourth-order valence-electron chi connectivity index (χ4n) is 0.448. The highest BCUT2D eigenvalue weighted by molar-refractivity contribution is 5.69. The van der Waals surface area contributed by atoms with E-state index in [1.54, 1.807) is 0 Å². The van der Waals surface area contributed by atoms with Gasteiger partial charge in [0.2, 0.25) is 0 Å². The lowest BCUT2D eigenvalue weighted by Gasteiger charge is -2.01. The van der Waals surface area contributed by atoms with E-state index < -0.39 is 0 Å². The van der Waals surface area contributed by atoms with Crippen molar-refractivity contribution >= 4 is 5.97 Å². The molecule has 0 heterocycles. The molecule has 0 spiro atoms. The van der Waals surface area contributed by atoms with Gasteiger partial charge in [-0.15, -0.1) is 0 Å². The molecule has 0 saturated carbocycles. The predicted molar refractivity (Wildman–Crippen MR) is 34.9 cm³/mol. The van der Waals surface area contributed by atoms with Crippen molar-refractivity contribution in [2.24, 2.45) is 5.73 Å². The van der Waals surface area contributed by atoms with Gasteiger partial charge in [-0.3, -0.25) is 4.79 Å². The number of methoxy groups -OCH3 is 1. The highest BCUT2D eigenvalue weighted by atomic mass is 16.5. The molecule has 0 aromatic rings. The molecule has 0 amide bonds. The normalized spacial score (nSPS) is 12.8. The van der Waals surface area contributed by atoms with Crippen LogP contribution < -0.4 is 5.73 Å². The van der Waals surface area contributed by atoms with Crippen LogP contribution in [0.1, 0.15) is 19.8 Å². The topological polar surface area (TPSA) is 52.3 Å². The number of rotatable bonds is 3. The van der Waals surface area contributed by atoms with Gasteiger partial charge >= 0.3 is 5.97 Å². The highest BCUT2D eigenvalue weighted by Crippen LogP contribution is 1.93. The van der Waals surface area contributed by atoms with E-state index in [9.17, 15) is 4.79 Å². The first-order valence-corrected chi connectivity index (χ1v) is 2.99. The lowest BCUT2D eigenvalue weighted by atomic mass is 10.2. The number of carbonyl (C=O) groups is 1. The molecule has 0 aromatic heterocycles. The smallest absolute Gasteiger partial charge is 0.305 e. The largest absolute Gasteiger partial charge is 0.469 e. The zero-order valence-corrected chi connectivity index (χ0v) is 5.89. The van der Waals surface area contributed by atoms with Crippen molar-refractivity contribution in [2.75, 3.05) is 7.11 Å². The summed E-state index contributed by atoms with van der Waals surface area (Å²) in [4.78, 5) is 10.4. The van der Waals surface area contributed by atoms with Crippen molar-refractivity contribution in [1.82, 2.24) is 0 Å². The van der Waals surface area contributed by atoms with Gasteiger partial charge in [-0.2, -0.15) is 0 Å². The molecule has 0 aliphatic rings. The molecule has 54 valence electrons. The Bertz CT molecular complexity index is 91.1. The summed E-state index contributed by atoms with van der Waals surface area (Å²) in [6.07, 6.45) is 1.13. The summed E-state index contributed by atoms with van der Waals surface area (Å²) >= 11 is 0. The molecular formula is C6H13NO2. The molecule has 0 aromatic carbocycles. The van der Waals surface area contributed by atoms with Crippen LogP contribution in [-0.4, -0.2) is 19.1 Å². The molecule has 0 aliphatic heterocycles. The molecule has 0 bridgehead atoms. The summed E-state index contributed by atoms with van der Waals surface area (Å²) in [7, 11) is 1.38. The number of hydrogen-bond acceptors (Lipinski definition) is 3. The summed E-state index contributed by atoms with van der Waals surface area (Å²) in [5, 5.41) is 0. The molecular weight excluding hydrogens is 118 g/mol. The molecule has 0 radical (unpaired) electrons. The second-order valence-electron chi connectivity index (χ2n) is 2.09. The maximum Gasteiger partial charge on any atom is 0.305 e. The van der Waals surface area contributed by atoms with Crippen molar-refractivity contribution in [1.29, 1.82) is 0 Å². The van der Waals surface area contributed by atoms with E-state index in [1.807, 2.05) is 6.92 Å². The van der Waals surface area contributed by atoms with E-state index in [4.69, 9.17) is 5.73 Å². The Labute approximate surface area is 55.2 Å². The van der Waals surface area contributed by atoms with Gasteiger partial charge in [0.25, 0.3) is 0 Å². The molecule has 2 N–H and O–H groups in total. The fraction of sp³-hybridized carbons (Fsp3) is 0.833. The Balaban J connectivity index is 3.17. The minimum atomic E-state index is -0.188. The van der Waals surface area contributed by atoms with E-state index in [0.717, 1.165) is 0 Å². The number of nitrogens with two attached hydrogens (primary N) is 1. The van der Waals surface area contributed by atoms with Gasteiger partial charge < -0.3 is 10.5 Å². The number of esters is 1. The molecule has 3 heteroatoms. The SMILES string of the molecule is COC(=O)CC[C@H](C)N. The van der Waals surface area contributed by atoms with Crippen LogP contribution in [0.25, 0.3) is 0 Å². The molecule has 0 saturated heterocycles. The first-order chi connectivity index (χ1) is 4.16. The zero-order valence-electron chi connectivity index (χ0n) is 5.89. The molecule has 1 atom stereocenters. The summed E-state index contributed by atoms with van der Waals surface area (Å²) < 4.78 is 4.41. The second-order valence-corrected chi connectivity index (χ2v) is 2.09. The van der Waals surface area contributed by atoms with Crippen LogP contribution in [-0.2, 0) is 9.53 Å². The van der Waals surface area contributed by atoms with E-state index in [1.165, 1.54) is 7.11 Å². The minimum Gasteiger partial charge on any atom is -0.469 e. The highest BCUT2D eigenvalue weighted by Gasteiger charge is 2.00. The summed E-state index contributed by atoms with van der Waals surface area (Å²) in [6.45, 7) is 1.86. The molecule has 3 nitrogen and oxygen atoms in total. The lowest BCUT2D eigenvalue weighted by Crippen LogP contribution is -2.16. The Kier molecular flexibility index (Phi) is 4.05. The average molecular weight is 131 g/mol. The zero-order chi connectivity index (χ0) is 7.28. The van der Waals surface area contributed by atoms with Gasteiger partial charge in [-0.1, -0.05) is 0 Å². The summed E-state index contributed by atoms with van der Waals surface area (Å²) in [5.74, 6) is -0.188. The third-order valence-electron chi connectivity index (χ3n) is 1.03. The third-order valence-corrected chi connectivity index (χ3v) is 1.03. The van der Waals surface area contributed by atoms with Crippen LogP contribution in [0, 0.1) is 0 Å². The van der Waals surface area contributed by atoms with Crippen LogP contribution in [0.2, 0.25) is 0 Å². The Morgan fingerprint density at radius 1 is 1.78 bits per heavy atom. The molecule has 0 unspecified atom stereocenters. The van der Waals surface area contributed by atoms with Gasteiger partial charge in [0, 0.05) is 12.5 Å². The quantitative estimate of drug-likeness (QED) is 0.560. The Hall–Kier alpha value is -0.570. The van der Waals surface area contributed by atoms with Crippen molar-refractivity contribution in [2.45, 2.75) is 25.8 Å². The Morgan fingerprint density at radius 2 is 2.33 bits per heavy atom. The van der Waals surface area contributed by atoms with E-state index >= 15 is 0 Å². The Morgan fingerprint density at radius 3 is 2.67 bits per heavy atom.